The van der Waals surface area contributed by atoms with E-state index in [-0.39, 0.29) is 16.8 Å². The van der Waals surface area contributed by atoms with Crippen molar-refractivity contribution in [3.8, 4) is 11.5 Å². The molecule has 1 heterocycles. The van der Waals surface area contributed by atoms with E-state index in [0.717, 1.165) is 17.3 Å². The van der Waals surface area contributed by atoms with Gasteiger partial charge in [-0.1, -0.05) is 6.07 Å². The minimum absolute atomic E-state index is 0.0537. The molecule has 6 heteroatoms. The lowest BCUT2D eigenvalue weighted by molar-refractivity contribution is 0.265. The van der Waals surface area contributed by atoms with Crippen LogP contribution in [0, 0.1) is 5.41 Å². The van der Waals surface area contributed by atoms with Crippen molar-refractivity contribution < 1.29 is 14.6 Å². The Bertz CT molecular complexity index is 525. The largest absolute Gasteiger partial charge is 0.504 e. The fourth-order valence-corrected chi connectivity index (χ4v) is 2.08. The summed E-state index contributed by atoms with van der Waals surface area (Å²) < 4.78 is 4.98. The number of hydrogen-bond acceptors (Lipinski definition) is 5. The Labute approximate surface area is 102 Å². The van der Waals surface area contributed by atoms with E-state index in [2.05, 4.69) is 5.32 Å². The van der Waals surface area contributed by atoms with Gasteiger partial charge in [0.05, 0.1) is 12.0 Å². The van der Waals surface area contributed by atoms with Crippen LogP contribution in [0.15, 0.2) is 23.1 Å². The molecule has 88 valence electrons. The number of benzene rings is 1. The lowest BCUT2D eigenvalue weighted by Gasteiger charge is -2.04. The average Bonchev–Trinajstić information content (AvgIpc) is 2.60. The van der Waals surface area contributed by atoms with Crippen molar-refractivity contribution in [3.05, 3.63) is 28.7 Å². The van der Waals surface area contributed by atoms with Crippen LogP contribution in [0.1, 0.15) is 5.56 Å². The first-order valence-corrected chi connectivity index (χ1v) is 5.58. The first-order valence-electron chi connectivity index (χ1n) is 4.76. The highest BCUT2D eigenvalue weighted by atomic mass is 32.2. The molecule has 0 spiro atoms. The van der Waals surface area contributed by atoms with Crippen LogP contribution in [0.5, 0.6) is 11.5 Å². The van der Waals surface area contributed by atoms with Gasteiger partial charge < -0.3 is 15.2 Å². The van der Waals surface area contributed by atoms with Crippen LogP contribution >= 0.6 is 11.8 Å². The molecule has 17 heavy (non-hydrogen) atoms. The Kier molecular flexibility index (Phi) is 3.06. The third kappa shape index (κ3) is 2.42. The summed E-state index contributed by atoms with van der Waals surface area (Å²) in [5.74, 6) is 0.498. The van der Waals surface area contributed by atoms with Crippen molar-refractivity contribution >= 4 is 28.9 Å². The van der Waals surface area contributed by atoms with Crippen molar-refractivity contribution in [2.24, 2.45) is 0 Å². The van der Waals surface area contributed by atoms with Gasteiger partial charge in [0.15, 0.2) is 11.5 Å². The second kappa shape index (κ2) is 4.50. The molecule has 1 saturated heterocycles. The summed E-state index contributed by atoms with van der Waals surface area (Å²) in [6.45, 7) is 0. The van der Waals surface area contributed by atoms with E-state index in [1.54, 1.807) is 18.2 Å². The highest BCUT2D eigenvalue weighted by Gasteiger charge is 2.21. The van der Waals surface area contributed by atoms with Crippen LogP contribution in [0.2, 0.25) is 0 Å². The predicted molar refractivity (Wildman–Crippen MR) is 66.5 cm³/mol. The van der Waals surface area contributed by atoms with E-state index in [1.807, 2.05) is 0 Å². The van der Waals surface area contributed by atoms with E-state index >= 15 is 0 Å². The van der Waals surface area contributed by atoms with E-state index in [0.29, 0.717) is 10.7 Å². The highest BCUT2D eigenvalue weighted by Crippen LogP contribution is 2.30. The molecule has 1 amide bonds. The van der Waals surface area contributed by atoms with Crippen molar-refractivity contribution in [3.63, 3.8) is 0 Å². The molecular formula is C11H10N2O3S. The van der Waals surface area contributed by atoms with Gasteiger partial charge in [-0.25, -0.2) is 0 Å². The minimum Gasteiger partial charge on any atom is -0.504 e. The van der Waals surface area contributed by atoms with Gasteiger partial charge in [-0.05, 0) is 35.5 Å². The van der Waals surface area contributed by atoms with E-state index in [9.17, 15) is 9.90 Å². The number of carbonyl (C=O) groups excluding carboxylic acids is 1. The molecule has 0 saturated carbocycles. The molecular weight excluding hydrogens is 240 g/mol. The van der Waals surface area contributed by atoms with Crippen LogP contribution in [-0.2, 0) is 0 Å². The summed E-state index contributed by atoms with van der Waals surface area (Å²) in [4.78, 5) is 11.6. The summed E-state index contributed by atoms with van der Waals surface area (Å²) in [5, 5.41) is 19.1. The number of rotatable bonds is 2. The maximum atomic E-state index is 11.0. The summed E-state index contributed by atoms with van der Waals surface area (Å²) in [6.07, 6.45) is 1.69. The van der Waals surface area contributed by atoms with Gasteiger partial charge in [-0.3, -0.25) is 10.2 Å². The fourth-order valence-electron chi connectivity index (χ4n) is 1.38. The molecule has 0 unspecified atom stereocenters. The van der Waals surface area contributed by atoms with Crippen molar-refractivity contribution in [1.29, 1.82) is 5.41 Å². The quantitative estimate of drug-likeness (QED) is 0.751. The summed E-state index contributed by atoms with van der Waals surface area (Å²) in [5.41, 5.74) is 0.753. The van der Waals surface area contributed by atoms with E-state index in [1.165, 1.54) is 13.2 Å². The van der Waals surface area contributed by atoms with Gasteiger partial charge >= 0.3 is 0 Å². The predicted octanol–water partition coefficient (Wildman–Crippen LogP) is 2.18. The number of thioether (sulfide) groups is 1. The average molecular weight is 250 g/mol. The van der Waals surface area contributed by atoms with Crippen molar-refractivity contribution in [2.75, 3.05) is 7.11 Å². The Morgan fingerprint density at radius 1 is 1.53 bits per heavy atom. The van der Waals surface area contributed by atoms with Gasteiger partial charge in [0.2, 0.25) is 0 Å². The van der Waals surface area contributed by atoms with Crippen molar-refractivity contribution in [1.82, 2.24) is 5.32 Å². The normalized spacial score (nSPS) is 17.4. The monoisotopic (exact) mass is 250 g/mol. The number of amides is 1. The summed E-state index contributed by atoms with van der Waals surface area (Å²) >= 11 is 0.969. The maximum absolute atomic E-state index is 11.0. The summed E-state index contributed by atoms with van der Waals surface area (Å²) in [7, 11) is 1.46. The second-order valence-electron chi connectivity index (χ2n) is 3.33. The van der Waals surface area contributed by atoms with Crippen LogP contribution in [-0.4, -0.2) is 23.3 Å². The lowest BCUT2D eigenvalue weighted by atomic mass is 10.2. The molecule has 1 aromatic rings. The third-order valence-corrected chi connectivity index (χ3v) is 3.01. The minimum atomic E-state index is -0.257. The molecule has 3 N–H and O–H groups in total. The molecule has 2 rings (SSSR count). The van der Waals surface area contributed by atoms with Gasteiger partial charge in [-0.2, -0.15) is 0 Å². The molecule has 1 fully saturated rings. The van der Waals surface area contributed by atoms with Crippen molar-refractivity contribution in [2.45, 2.75) is 0 Å². The Morgan fingerprint density at radius 3 is 2.88 bits per heavy atom. The van der Waals surface area contributed by atoms with Gasteiger partial charge in [0.1, 0.15) is 5.84 Å². The Hall–Kier alpha value is -1.95. The number of phenolic OH excluding ortho intramolecular Hbond substituents is 1. The molecule has 5 nitrogen and oxygen atoms in total. The number of carbonyl (C=O) groups is 1. The topological polar surface area (TPSA) is 82.4 Å². The number of phenols is 1. The number of ether oxygens (including phenoxy) is 1. The molecule has 0 aromatic heterocycles. The zero-order chi connectivity index (χ0) is 12.4. The second-order valence-corrected chi connectivity index (χ2v) is 4.34. The van der Waals surface area contributed by atoms with E-state index < -0.39 is 0 Å². The number of hydrogen-bond donors (Lipinski definition) is 3. The number of aromatic hydroxyl groups is 1. The molecule has 1 aliphatic rings. The Balaban J connectivity index is 2.33. The molecule has 1 aromatic carbocycles. The van der Waals surface area contributed by atoms with Gasteiger partial charge in [0.25, 0.3) is 5.24 Å². The maximum Gasteiger partial charge on any atom is 0.289 e. The molecule has 0 atom stereocenters. The zero-order valence-electron chi connectivity index (χ0n) is 8.98. The van der Waals surface area contributed by atoms with Gasteiger partial charge in [0, 0.05) is 0 Å². The van der Waals surface area contributed by atoms with Gasteiger partial charge in [-0.15, -0.1) is 0 Å². The fraction of sp³-hybridized carbons (Fsp3) is 0.0909. The molecule has 0 aliphatic carbocycles. The SMILES string of the molecule is COc1cc(/C=C2\SC(=O)NC2=N)ccc1O. The zero-order valence-corrected chi connectivity index (χ0v) is 9.80. The smallest absolute Gasteiger partial charge is 0.289 e. The van der Waals surface area contributed by atoms with Crippen LogP contribution in [0.4, 0.5) is 4.79 Å². The first-order chi connectivity index (χ1) is 8.10. The first kappa shape index (κ1) is 11.5. The third-order valence-electron chi connectivity index (χ3n) is 2.18. The lowest BCUT2D eigenvalue weighted by Crippen LogP contribution is -2.17. The Morgan fingerprint density at radius 2 is 2.29 bits per heavy atom. The molecule has 0 radical (unpaired) electrons. The number of amidine groups is 1. The number of methoxy groups -OCH3 is 1. The molecule has 1 aliphatic heterocycles. The standard InChI is InChI=1S/C11H10N2O3S/c1-16-8-4-6(2-3-7(8)14)5-9-10(12)13-11(15)17-9/h2-5,14H,1H3,(H2,12,13,15)/b9-5-. The van der Waals surface area contributed by atoms with Crippen LogP contribution in [0.25, 0.3) is 6.08 Å². The van der Waals surface area contributed by atoms with Crippen LogP contribution < -0.4 is 10.1 Å². The van der Waals surface area contributed by atoms with E-state index in [4.69, 9.17) is 10.1 Å². The highest BCUT2D eigenvalue weighted by molar-refractivity contribution is 8.18. The number of nitrogens with one attached hydrogen (secondary N) is 2. The molecule has 0 bridgehead atoms. The summed E-state index contributed by atoms with van der Waals surface area (Å²) in [6, 6.07) is 4.82. The van der Waals surface area contributed by atoms with Crippen LogP contribution in [0.3, 0.4) is 0 Å².